The molecule has 3 heterocycles. The van der Waals surface area contributed by atoms with Gasteiger partial charge in [-0.1, -0.05) is 11.6 Å². The maximum atomic E-state index is 13.0. The van der Waals surface area contributed by atoms with Crippen molar-refractivity contribution in [3.05, 3.63) is 52.8 Å². The number of pyridine rings is 1. The predicted molar refractivity (Wildman–Crippen MR) is 102 cm³/mol. The van der Waals surface area contributed by atoms with Crippen molar-refractivity contribution in [1.29, 1.82) is 0 Å². The first-order valence-corrected chi connectivity index (χ1v) is 9.17. The molecule has 0 atom stereocenters. The number of halogens is 1. The van der Waals surface area contributed by atoms with Gasteiger partial charge in [0.1, 0.15) is 11.9 Å². The van der Waals surface area contributed by atoms with Crippen LogP contribution in [0.2, 0.25) is 5.02 Å². The molecule has 0 spiro atoms. The molecule has 1 aromatic heterocycles. The number of likely N-dealkylation sites (tertiary alicyclic amines) is 1. The second-order valence-electron chi connectivity index (χ2n) is 7.43. The Labute approximate surface area is 162 Å². The average molecular weight is 386 g/mol. The van der Waals surface area contributed by atoms with Crippen LogP contribution in [0.5, 0.6) is 5.75 Å². The predicted octanol–water partition coefficient (Wildman–Crippen LogP) is 3.24. The molecule has 2 aliphatic rings. The fourth-order valence-corrected chi connectivity index (χ4v) is 3.87. The van der Waals surface area contributed by atoms with E-state index in [0.717, 1.165) is 5.56 Å². The van der Waals surface area contributed by atoms with Crippen molar-refractivity contribution < 1.29 is 14.3 Å². The van der Waals surface area contributed by atoms with Gasteiger partial charge in [0.15, 0.2) is 0 Å². The summed E-state index contributed by atoms with van der Waals surface area (Å²) in [5.74, 6) is 0.540. The number of aromatic nitrogens is 1. The van der Waals surface area contributed by atoms with E-state index in [2.05, 4.69) is 4.98 Å². The number of benzene rings is 1. The first-order valence-electron chi connectivity index (χ1n) is 8.79. The first-order chi connectivity index (χ1) is 12.8. The molecule has 0 bridgehead atoms. The van der Waals surface area contributed by atoms with E-state index in [9.17, 15) is 9.59 Å². The quantitative estimate of drug-likeness (QED) is 0.813. The third-order valence-electron chi connectivity index (χ3n) is 5.19. The largest absolute Gasteiger partial charge is 0.485 e. The molecule has 0 saturated carbocycles. The van der Waals surface area contributed by atoms with Gasteiger partial charge < -0.3 is 9.64 Å². The summed E-state index contributed by atoms with van der Waals surface area (Å²) in [6.07, 6.45) is 3.23. The highest BCUT2D eigenvalue weighted by molar-refractivity contribution is 6.31. The van der Waals surface area contributed by atoms with Crippen molar-refractivity contribution >= 4 is 29.1 Å². The topological polar surface area (TPSA) is 62.7 Å². The third kappa shape index (κ3) is 2.94. The molecule has 27 heavy (non-hydrogen) atoms. The van der Waals surface area contributed by atoms with Gasteiger partial charge in [-0.05, 0) is 37.6 Å². The molecule has 0 unspecified atom stereocenters. The van der Waals surface area contributed by atoms with E-state index < -0.39 is 5.54 Å². The number of hydrogen-bond donors (Lipinski definition) is 0. The minimum absolute atomic E-state index is 0.0440. The molecule has 0 N–H and O–H groups in total. The minimum atomic E-state index is -0.556. The Balaban J connectivity index is 1.59. The zero-order valence-corrected chi connectivity index (χ0v) is 16.2. The van der Waals surface area contributed by atoms with Crippen LogP contribution in [0.3, 0.4) is 0 Å². The van der Waals surface area contributed by atoms with E-state index in [4.69, 9.17) is 16.3 Å². The van der Waals surface area contributed by atoms with Crippen molar-refractivity contribution in [2.24, 2.45) is 0 Å². The summed E-state index contributed by atoms with van der Waals surface area (Å²) in [6.45, 7) is 6.65. The average Bonchev–Trinajstić information content (AvgIpc) is 2.76. The van der Waals surface area contributed by atoms with E-state index in [1.807, 2.05) is 26.0 Å². The second-order valence-corrected chi connectivity index (χ2v) is 7.87. The van der Waals surface area contributed by atoms with Gasteiger partial charge in [-0.3, -0.25) is 19.5 Å². The molecular weight excluding hydrogens is 366 g/mol. The van der Waals surface area contributed by atoms with Gasteiger partial charge in [-0.2, -0.15) is 0 Å². The van der Waals surface area contributed by atoms with Crippen LogP contribution >= 0.6 is 11.6 Å². The van der Waals surface area contributed by atoms with Gasteiger partial charge in [0.2, 0.25) is 5.91 Å². The molecule has 4 rings (SSSR count). The summed E-state index contributed by atoms with van der Waals surface area (Å²) >= 11 is 6.14. The van der Waals surface area contributed by atoms with Crippen LogP contribution in [0.15, 0.2) is 36.7 Å². The number of anilines is 1. The molecule has 2 amide bonds. The van der Waals surface area contributed by atoms with E-state index in [1.165, 1.54) is 0 Å². The van der Waals surface area contributed by atoms with Crippen LogP contribution in [0.1, 0.15) is 36.7 Å². The lowest BCUT2D eigenvalue weighted by molar-refractivity contribution is -0.137. The maximum Gasteiger partial charge on any atom is 0.259 e. The lowest BCUT2D eigenvalue weighted by Crippen LogP contribution is -2.55. The summed E-state index contributed by atoms with van der Waals surface area (Å²) in [4.78, 5) is 32.0. The lowest BCUT2D eigenvalue weighted by Gasteiger charge is -2.38. The van der Waals surface area contributed by atoms with Crippen LogP contribution in [0.25, 0.3) is 0 Å². The highest BCUT2D eigenvalue weighted by atomic mass is 35.5. The zero-order valence-electron chi connectivity index (χ0n) is 15.4. The maximum absolute atomic E-state index is 13.0. The fourth-order valence-electron chi connectivity index (χ4n) is 3.70. The van der Waals surface area contributed by atoms with Crippen LogP contribution in [0.4, 0.5) is 5.69 Å². The molecule has 1 aromatic carbocycles. The first kappa shape index (κ1) is 17.8. The molecule has 0 aliphatic carbocycles. The summed E-state index contributed by atoms with van der Waals surface area (Å²) in [5.41, 5.74) is 1.64. The Kier molecular flexibility index (Phi) is 4.11. The number of carbonyl (C=O) groups is 2. The number of hydrogen-bond acceptors (Lipinski definition) is 4. The molecule has 2 aromatic rings. The fraction of sp³-hybridized carbons (Fsp3) is 0.350. The Morgan fingerprint density at radius 2 is 2.00 bits per heavy atom. The number of amides is 2. The SMILES string of the molecule is CC(=O)N1CC(Oc2cncc(N3C(=O)c4ccc(Cl)cc4C3(C)C)c2)C1. The van der Waals surface area contributed by atoms with Crippen LogP contribution in [0, 0.1) is 0 Å². The van der Waals surface area contributed by atoms with Crippen molar-refractivity contribution in [2.75, 3.05) is 18.0 Å². The normalized spacial score (nSPS) is 18.3. The molecule has 2 aliphatic heterocycles. The number of carbonyl (C=O) groups excluding carboxylic acids is 2. The van der Waals surface area contributed by atoms with Crippen molar-refractivity contribution in [3.63, 3.8) is 0 Å². The standard InChI is InChI=1S/C20H20ClN3O3/c1-12(25)23-10-16(11-23)27-15-7-14(8-22-9-15)24-19(26)17-5-4-13(21)6-18(17)20(24,2)3/h4-9,16H,10-11H2,1-3H3. The molecule has 6 nitrogen and oxygen atoms in total. The lowest BCUT2D eigenvalue weighted by atomic mass is 9.93. The highest BCUT2D eigenvalue weighted by Gasteiger charge is 2.44. The van der Waals surface area contributed by atoms with Gasteiger partial charge in [-0.25, -0.2) is 0 Å². The smallest absolute Gasteiger partial charge is 0.259 e. The molecular formula is C20H20ClN3O3. The van der Waals surface area contributed by atoms with E-state index in [0.29, 0.717) is 35.1 Å². The Morgan fingerprint density at radius 1 is 1.26 bits per heavy atom. The van der Waals surface area contributed by atoms with Crippen LogP contribution in [-0.4, -0.2) is 40.9 Å². The Bertz CT molecular complexity index is 938. The van der Waals surface area contributed by atoms with Gasteiger partial charge in [0.05, 0.1) is 36.7 Å². The second kappa shape index (κ2) is 6.23. The number of nitrogens with zero attached hydrogens (tertiary/aromatic N) is 3. The number of fused-ring (bicyclic) bond motifs is 1. The van der Waals surface area contributed by atoms with Crippen molar-refractivity contribution in [2.45, 2.75) is 32.4 Å². The Morgan fingerprint density at radius 3 is 2.70 bits per heavy atom. The minimum Gasteiger partial charge on any atom is -0.485 e. The molecule has 140 valence electrons. The monoisotopic (exact) mass is 385 g/mol. The van der Waals surface area contributed by atoms with Crippen molar-refractivity contribution in [3.8, 4) is 5.75 Å². The van der Waals surface area contributed by atoms with Crippen LogP contribution in [-0.2, 0) is 10.3 Å². The summed E-state index contributed by atoms with van der Waals surface area (Å²) < 4.78 is 5.92. The number of ether oxygens (including phenoxy) is 1. The summed E-state index contributed by atoms with van der Waals surface area (Å²) in [5, 5.41) is 0.603. The van der Waals surface area contributed by atoms with Crippen molar-refractivity contribution in [1.82, 2.24) is 9.88 Å². The molecule has 7 heteroatoms. The molecule has 0 radical (unpaired) electrons. The van der Waals surface area contributed by atoms with Gasteiger partial charge >= 0.3 is 0 Å². The van der Waals surface area contributed by atoms with Crippen LogP contribution < -0.4 is 9.64 Å². The van der Waals surface area contributed by atoms with Gasteiger partial charge in [0.25, 0.3) is 5.91 Å². The molecule has 1 fully saturated rings. The van der Waals surface area contributed by atoms with E-state index in [1.54, 1.807) is 41.2 Å². The zero-order chi connectivity index (χ0) is 19.3. The highest BCUT2D eigenvalue weighted by Crippen LogP contribution is 2.43. The van der Waals surface area contributed by atoms with Gasteiger partial charge in [0, 0.05) is 23.6 Å². The molecule has 1 saturated heterocycles. The summed E-state index contributed by atoms with van der Waals surface area (Å²) in [7, 11) is 0. The van der Waals surface area contributed by atoms with E-state index >= 15 is 0 Å². The van der Waals surface area contributed by atoms with Gasteiger partial charge in [-0.15, -0.1) is 0 Å². The number of rotatable bonds is 3. The van der Waals surface area contributed by atoms with E-state index in [-0.39, 0.29) is 17.9 Å². The Hall–Kier alpha value is -2.60. The third-order valence-corrected chi connectivity index (χ3v) is 5.42. The summed E-state index contributed by atoms with van der Waals surface area (Å²) in [6, 6.07) is 7.15.